The van der Waals surface area contributed by atoms with Crippen LogP contribution in [0.2, 0.25) is 0 Å². The average molecular weight is 339 g/mol. The van der Waals surface area contributed by atoms with Crippen molar-refractivity contribution in [3.05, 3.63) is 65.7 Å². The predicted octanol–water partition coefficient (Wildman–Crippen LogP) is 3.17. The van der Waals surface area contributed by atoms with E-state index in [1.165, 1.54) is 12.1 Å². The van der Waals surface area contributed by atoms with E-state index in [1.54, 1.807) is 0 Å². The van der Waals surface area contributed by atoms with Crippen LogP contribution >= 0.6 is 0 Å². The molecule has 0 unspecified atom stereocenters. The van der Waals surface area contributed by atoms with Crippen molar-refractivity contribution in [3.63, 3.8) is 0 Å². The first kappa shape index (κ1) is 17.1. The van der Waals surface area contributed by atoms with Crippen LogP contribution < -0.4 is 5.32 Å². The van der Waals surface area contributed by atoms with Crippen molar-refractivity contribution in [1.82, 2.24) is 5.32 Å². The van der Waals surface area contributed by atoms with E-state index in [-0.39, 0.29) is 11.6 Å². The van der Waals surface area contributed by atoms with Crippen molar-refractivity contribution < 1.29 is 22.0 Å². The van der Waals surface area contributed by atoms with Gasteiger partial charge in [0.25, 0.3) is 5.91 Å². The number of alkyl halides is 2. The van der Waals surface area contributed by atoms with Crippen LogP contribution in [0.3, 0.4) is 0 Å². The molecular weight excluding hydrogens is 324 g/mol. The zero-order valence-corrected chi connectivity index (χ0v) is 13.1. The molecule has 0 aliphatic carbocycles. The summed E-state index contributed by atoms with van der Waals surface area (Å²) in [6, 6.07) is 13.5. The summed E-state index contributed by atoms with van der Waals surface area (Å²) < 4.78 is 47.6. The van der Waals surface area contributed by atoms with Gasteiger partial charge in [-0.1, -0.05) is 30.3 Å². The Morgan fingerprint density at radius 1 is 1.00 bits per heavy atom. The molecule has 0 saturated heterocycles. The topological polar surface area (TPSA) is 63.2 Å². The Hall–Kier alpha value is -2.28. The van der Waals surface area contributed by atoms with E-state index in [9.17, 15) is 22.0 Å². The smallest absolute Gasteiger partial charge is 0.341 e. The molecule has 1 N–H and O–H groups in total. The van der Waals surface area contributed by atoms with E-state index < -0.39 is 26.4 Å². The lowest BCUT2D eigenvalue weighted by Gasteiger charge is -2.14. The van der Waals surface area contributed by atoms with Crippen LogP contribution in [0.25, 0.3) is 0 Å². The molecule has 2 aromatic rings. The Kier molecular flexibility index (Phi) is 5.10. The fourth-order valence-electron chi connectivity index (χ4n) is 2.00. The first-order valence-electron chi connectivity index (χ1n) is 6.80. The molecule has 0 bridgehead atoms. The maximum absolute atomic E-state index is 12.4. The molecule has 7 heteroatoms. The van der Waals surface area contributed by atoms with Crippen molar-refractivity contribution in [2.45, 2.75) is 23.6 Å². The van der Waals surface area contributed by atoms with Gasteiger partial charge in [-0.05, 0) is 36.8 Å². The maximum atomic E-state index is 12.4. The Morgan fingerprint density at radius 3 is 2.09 bits per heavy atom. The zero-order valence-electron chi connectivity index (χ0n) is 12.2. The van der Waals surface area contributed by atoms with Gasteiger partial charge in [0.1, 0.15) is 0 Å². The summed E-state index contributed by atoms with van der Waals surface area (Å²) >= 11 is 0. The largest absolute Gasteiger partial charge is 0.346 e. The van der Waals surface area contributed by atoms with E-state index in [2.05, 4.69) is 5.32 Å². The van der Waals surface area contributed by atoms with Gasteiger partial charge in [-0.25, -0.2) is 8.42 Å². The summed E-state index contributed by atoms with van der Waals surface area (Å²) in [5, 5.41) is 2.76. The number of hydrogen-bond donors (Lipinski definition) is 1. The quantitative estimate of drug-likeness (QED) is 0.910. The van der Waals surface area contributed by atoms with Crippen molar-refractivity contribution >= 4 is 15.7 Å². The highest BCUT2D eigenvalue weighted by Crippen LogP contribution is 2.19. The lowest BCUT2D eigenvalue weighted by atomic mass is 10.1. The van der Waals surface area contributed by atoms with E-state index in [1.807, 2.05) is 37.3 Å². The average Bonchev–Trinajstić information content (AvgIpc) is 2.55. The second-order valence-corrected chi connectivity index (χ2v) is 6.85. The molecule has 1 atom stereocenters. The lowest BCUT2D eigenvalue weighted by molar-refractivity contribution is 0.0940. The number of amides is 1. The summed E-state index contributed by atoms with van der Waals surface area (Å²) in [5.74, 6) is -3.90. The summed E-state index contributed by atoms with van der Waals surface area (Å²) in [6.07, 6.45) is 0. The van der Waals surface area contributed by atoms with Crippen molar-refractivity contribution in [3.8, 4) is 0 Å². The van der Waals surface area contributed by atoms with Gasteiger partial charge in [0.15, 0.2) is 0 Å². The summed E-state index contributed by atoms with van der Waals surface area (Å²) in [6.45, 7) is 1.81. The third kappa shape index (κ3) is 3.92. The van der Waals surface area contributed by atoms with Crippen molar-refractivity contribution in [2.24, 2.45) is 0 Å². The minimum atomic E-state index is -4.65. The Bertz CT molecular complexity index is 775. The van der Waals surface area contributed by atoms with Crippen LogP contribution in [0.15, 0.2) is 59.5 Å². The maximum Gasteiger partial charge on any atom is 0.341 e. The van der Waals surface area contributed by atoms with Gasteiger partial charge in [0, 0.05) is 5.56 Å². The molecule has 4 nitrogen and oxygen atoms in total. The number of benzene rings is 2. The van der Waals surface area contributed by atoms with Crippen molar-refractivity contribution in [2.75, 3.05) is 0 Å². The van der Waals surface area contributed by atoms with Gasteiger partial charge in [0.05, 0.1) is 10.9 Å². The molecule has 0 aliphatic rings. The number of rotatable bonds is 5. The molecule has 1 amide bonds. The van der Waals surface area contributed by atoms with Gasteiger partial charge >= 0.3 is 5.76 Å². The Labute approximate surface area is 133 Å². The molecule has 0 spiro atoms. The molecule has 0 fully saturated rings. The highest BCUT2D eigenvalue weighted by molar-refractivity contribution is 7.91. The summed E-state index contributed by atoms with van der Waals surface area (Å²) in [4.78, 5) is 11.6. The Morgan fingerprint density at radius 2 is 1.57 bits per heavy atom. The van der Waals surface area contributed by atoms with Gasteiger partial charge in [-0.2, -0.15) is 8.78 Å². The van der Waals surface area contributed by atoms with Gasteiger partial charge in [-0.3, -0.25) is 4.79 Å². The first-order valence-corrected chi connectivity index (χ1v) is 8.35. The van der Waals surface area contributed by atoms with Crippen LogP contribution in [0, 0.1) is 0 Å². The van der Waals surface area contributed by atoms with Crippen LogP contribution in [-0.4, -0.2) is 20.1 Å². The van der Waals surface area contributed by atoms with E-state index in [4.69, 9.17) is 0 Å². The first-order chi connectivity index (χ1) is 10.8. The second-order valence-electron chi connectivity index (χ2n) is 4.94. The predicted molar refractivity (Wildman–Crippen MR) is 82.0 cm³/mol. The lowest BCUT2D eigenvalue weighted by Crippen LogP contribution is -2.26. The Balaban J connectivity index is 2.12. The molecule has 0 heterocycles. The summed E-state index contributed by atoms with van der Waals surface area (Å²) in [5.41, 5.74) is 1.11. The standard InChI is InChI=1S/C16H15F2NO3S/c1-11(12-5-3-2-4-6-12)19-15(20)13-7-9-14(10-8-13)23(21,22)16(17)18/h2-11,16H,1H3,(H,19,20)/t11-/m0/s1. The second kappa shape index (κ2) is 6.87. The molecular formula is C16H15F2NO3S. The highest BCUT2D eigenvalue weighted by Gasteiger charge is 2.26. The molecule has 0 aliphatic heterocycles. The zero-order chi connectivity index (χ0) is 17.0. The number of sulfone groups is 1. The molecule has 0 aromatic heterocycles. The highest BCUT2D eigenvalue weighted by atomic mass is 32.2. The fourth-order valence-corrected chi connectivity index (χ4v) is 2.73. The number of hydrogen-bond acceptors (Lipinski definition) is 3. The molecule has 2 aromatic carbocycles. The molecule has 2 rings (SSSR count). The minimum Gasteiger partial charge on any atom is -0.346 e. The van der Waals surface area contributed by atoms with E-state index in [0.29, 0.717) is 0 Å². The molecule has 0 saturated carbocycles. The van der Waals surface area contributed by atoms with Crippen LogP contribution in [0.1, 0.15) is 28.9 Å². The number of halogens is 2. The van der Waals surface area contributed by atoms with Crippen LogP contribution in [0.4, 0.5) is 8.78 Å². The number of carbonyl (C=O) groups is 1. The van der Waals surface area contributed by atoms with Gasteiger partial charge in [-0.15, -0.1) is 0 Å². The normalized spacial score (nSPS) is 12.9. The monoisotopic (exact) mass is 339 g/mol. The molecule has 0 radical (unpaired) electrons. The number of nitrogens with one attached hydrogen (secondary N) is 1. The third-order valence-corrected chi connectivity index (χ3v) is 4.73. The van der Waals surface area contributed by atoms with E-state index >= 15 is 0 Å². The third-order valence-electron chi connectivity index (χ3n) is 3.33. The molecule has 122 valence electrons. The van der Waals surface area contributed by atoms with Crippen LogP contribution in [0.5, 0.6) is 0 Å². The fraction of sp³-hybridized carbons (Fsp3) is 0.188. The summed E-state index contributed by atoms with van der Waals surface area (Å²) in [7, 11) is -4.65. The van der Waals surface area contributed by atoms with Crippen LogP contribution in [-0.2, 0) is 9.84 Å². The van der Waals surface area contributed by atoms with Gasteiger partial charge < -0.3 is 5.32 Å². The van der Waals surface area contributed by atoms with E-state index in [0.717, 1.165) is 17.7 Å². The minimum absolute atomic E-state index is 0.195. The number of carbonyl (C=O) groups excluding carboxylic acids is 1. The SMILES string of the molecule is C[C@H](NC(=O)c1ccc(S(=O)(=O)C(F)F)cc1)c1ccccc1. The van der Waals surface area contributed by atoms with Crippen molar-refractivity contribution in [1.29, 1.82) is 0 Å². The molecule has 23 heavy (non-hydrogen) atoms. The van der Waals surface area contributed by atoms with Gasteiger partial charge in [0.2, 0.25) is 9.84 Å².